The van der Waals surface area contributed by atoms with E-state index in [1.165, 1.54) is 0 Å². The molecule has 0 heterocycles. The van der Waals surface area contributed by atoms with Crippen LogP contribution in [0.25, 0.3) is 10.4 Å². The highest BCUT2D eigenvalue weighted by molar-refractivity contribution is 5.94. The van der Waals surface area contributed by atoms with Crippen molar-refractivity contribution in [2.45, 2.75) is 53.2 Å². The molecule has 1 rings (SSSR count). The Labute approximate surface area is 214 Å². The summed E-state index contributed by atoms with van der Waals surface area (Å²) in [5.74, 6) is 6.65. The van der Waals surface area contributed by atoms with Crippen molar-refractivity contribution in [2.24, 2.45) is 17.0 Å². The lowest BCUT2D eigenvalue weighted by atomic mass is 10.1. The van der Waals surface area contributed by atoms with E-state index >= 15 is 0 Å². The Balaban J connectivity index is 2.46. The van der Waals surface area contributed by atoms with Gasteiger partial charge in [-0.1, -0.05) is 50.7 Å². The van der Waals surface area contributed by atoms with Crippen LogP contribution in [0.2, 0.25) is 0 Å². The normalized spacial score (nSPS) is 12.2. The Morgan fingerprint density at radius 1 is 1.19 bits per heavy atom. The fourth-order valence-electron chi connectivity index (χ4n) is 2.89. The van der Waals surface area contributed by atoms with E-state index in [0.717, 1.165) is 12.8 Å². The summed E-state index contributed by atoms with van der Waals surface area (Å²) >= 11 is 0. The molecule has 0 saturated carbocycles. The fraction of sp³-hybridized carbons (Fsp3) is 0.615. The zero-order valence-electron chi connectivity index (χ0n) is 22.0. The number of rotatable bonds is 16. The lowest BCUT2D eigenvalue weighted by Gasteiger charge is -2.24. The number of carbonyl (C=O) groups is 2. The van der Waals surface area contributed by atoms with Gasteiger partial charge in [-0.2, -0.15) is 0 Å². The van der Waals surface area contributed by atoms with E-state index < -0.39 is 5.72 Å². The SMILES string of the molecule is CC(C)C#CCNC(=O)COCCO[C@](C)(COc1cccc(C(=O)NCCCC(C)C)c1)N=[N+]=[N-]. The highest BCUT2D eigenvalue weighted by Gasteiger charge is 2.25. The van der Waals surface area contributed by atoms with Crippen LogP contribution >= 0.6 is 0 Å². The number of nitrogens with one attached hydrogen (secondary N) is 2. The second-order valence-corrected chi connectivity index (χ2v) is 9.13. The first-order chi connectivity index (χ1) is 17.1. The fourth-order valence-corrected chi connectivity index (χ4v) is 2.89. The van der Waals surface area contributed by atoms with Crippen molar-refractivity contribution in [3.63, 3.8) is 0 Å². The van der Waals surface area contributed by atoms with Gasteiger partial charge in [-0.3, -0.25) is 9.59 Å². The van der Waals surface area contributed by atoms with Gasteiger partial charge in [0.1, 0.15) is 19.0 Å². The van der Waals surface area contributed by atoms with E-state index in [-0.39, 0.29) is 50.7 Å². The number of ether oxygens (including phenoxy) is 3. The van der Waals surface area contributed by atoms with Crippen molar-refractivity contribution >= 4 is 11.8 Å². The van der Waals surface area contributed by atoms with Crippen molar-refractivity contribution in [1.82, 2.24) is 10.6 Å². The smallest absolute Gasteiger partial charge is 0.251 e. The Hall–Kier alpha value is -3.25. The number of benzene rings is 1. The van der Waals surface area contributed by atoms with Crippen LogP contribution in [0.3, 0.4) is 0 Å². The molecule has 0 aromatic heterocycles. The molecule has 0 bridgehead atoms. The van der Waals surface area contributed by atoms with Crippen LogP contribution in [0.4, 0.5) is 0 Å². The number of hydrogen-bond acceptors (Lipinski definition) is 6. The molecule has 0 spiro atoms. The summed E-state index contributed by atoms with van der Waals surface area (Å²) in [4.78, 5) is 27.0. The Morgan fingerprint density at radius 2 is 1.97 bits per heavy atom. The molecular formula is C26H39N5O5. The molecule has 0 unspecified atom stereocenters. The third kappa shape index (κ3) is 14.2. The van der Waals surface area contributed by atoms with E-state index in [1.807, 2.05) is 13.8 Å². The van der Waals surface area contributed by atoms with Gasteiger partial charge in [0.05, 0.1) is 19.8 Å². The van der Waals surface area contributed by atoms with Gasteiger partial charge in [0, 0.05) is 22.9 Å². The molecule has 0 aliphatic heterocycles. The highest BCUT2D eigenvalue weighted by Crippen LogP contribution is 2.19. The molecule has 1 aromatic rings. The van der Waals surface area contributed by atoms with Crippen molar-refractivity contribution in [2.75, 3.05) is 39.5 Å². The lowest BCUT2D eigenvalue weighted by Crippen LogP contribution is -2.35. The molecule has 0 fully saturated rings. The van der Waals surface area contributed by atoms with Gasteiger partial charge < -0.3 is 24.8 Å². The molecule has 10 heteroatoms. The molecule has 0 radical (unpaired) electrons. The van der Waals surface area contributed by atoms with E-state index in [1.54, 1.807) is 31.2 Å². The largest absolute Gasteiger partial charge is 0.490 e. The summed E-state index contributed by atoms with van der Waals surface area (Å²) in [7, 11) is 0. The molecule has 1 aromatic carbocycles. The molecule has 0 saturated heterocycles. The predicted molar refractivity (Wildman–Crippen MR) is 138 cm³/mol. The number of amides is 2. The average molecular weight is 502 g/mol. The van der Waals surface area contributed by atoms with Gasteiger partial charge in [-0.05, 0) is 49.4 Å². The maximum absolute atomic E-state index is 12.4. The van der Waals surface area contributed by atoms with Crippen LogP contribution in [0.1, 0.15) is 57.8 Å². The standard InChI is InChI=1S/C26H39N5O5/c1-20(2)9-7-13-28-24(32)18-34-15-16-36-26(5,30-31-27)19-35-23-12-6-11-22(17-23)25(33)29-14-8-10-21(3)4/h6,11-12,17,20-21H,8,10,13-16,18-19H2,1-5H3,(H,28,32)(H,29,33)/t26-/m1/s1. The zero-order chi connectivity index (χ0) is 26.8. The highest BCUT2D eigenvalue weighted by atomic mass is 16.6. The van der Waals surface area contributed by atoms with Crippen LogP contribution in [0.15, 0.2) is 29.4 Å². The van der Waals surface area contributed by atoms with Crippen molar-refractivity contribution < 1.29 is 23.8 Å². The molecule has 0 aliphatic carbocycles. The molecule has 2 amide bonds. The first-order valence-electron chi connectivity index (χ1n) is 12.2. The quantitative estimate of drug-likeness (QED) is 0.116. The number of nitrogens with zero attached hydrogens (tertiary/aromatic N) is 3. The molecule has 36 heavy (non-hydrogen) atoms. The number of azide groups is 1. The van der Waals surface area contributed by atoms with Gasteiger partial charge in [-0.15, -0.1) is 0 Å². The second kappa shape index (κ2) is 17.2. The van der Waals surface area contributed by atoms with Gasteiger partial charge in [0.25, 0.3) is 5.91 Å². The molecule has 2 N–H and O–H groups in total. The van der Waals surface area contributed by atoms with Crippen LogP contribution in [-0.4, -0.2) is 57.1 Å². The zero-order valence-corrected chi connectivity index (χ0v) is 22.0. The maximum Gasteiger partial charge on any atom is 0.251 e. The topological polar surface area (TPSA) is 135 Å². The molecule has 10 nitrogen and oxygen atoms in total. The van der Waals surface area contributed by atoms with E-state index in [0.29, 0.717) is 23.8 Å². The molecular weight excluding hydrogens is 462 g/mol. The minimum absolute atomic E-state index is 0.0778. The summed E-state index contributed by atoms with van der Waals surface area (Å²) < 4.78 is 16.7. The number of carbonyl (C=O) groups excluding carboxylic acids is 2. The van der Waals surface area contributed by atoms with Crippen LogP contribution < -0.4 is 15.4 Å². The second-order valence-electron chi connectivity index (χ2n) is 9.13. The van der Waals surface area contributed by atoms with E-state index in [2.05, 4.69) is 46.3 Å². The minimum Gasteiger partial charge on any atom is -0.490 e. The van der Waals surface area contributed by atoms with Crippen molar-refractivity contribution in [3.05, 3.63) is 40.3 Å². The lowest BCUT2D eigenvalue weighted by molar-refractivity contribution is -0.127. The molecule has 0 aliphatic rings. The third-order valence-corrected chi connectivity index (χ3v) is 4.74. The monoisotopic (exact) mass is 501 g/mol. The summed E-state index contributed by atoms with van der Waals surface area (Å²) in [6.07, 6.45) is 1.97. The van der Waals surface area contributed by atoms with Gasteiger partial charge in [0.15, 0.2) is 5.72 Å². The van der Waals surface area contributed by atoms with Crippen LogP contribution in [0, 0.1) is 23.7 Å². The van der Waals surface area contributed by atoms with E-state index in [4.69, 9.17) is 19.7 Å². The average Bonchev–Trinajstić information content (AvgIpc) is 2.83. The summed E-state index contributed by atoms with van der Waals surface area (Å²) in [5.41, 5.74) is 8.11. The minimum atomic E-state index is -1.30. The summed E-state index contributed by atoms with van der Waals surface area (Å²) in [6, 6.07) is 6.76. The summed E-state index contributed by atoms with van der Waals surface area (Å²) in [6.45, 7) is 10.7. The summed E-state index contributed by atoms with van der Waals surface area (Å²) in [5, 5.41) is 9.24. The van der Waals surface area contributed by atoms with Crippen LogP contribution in [-0.2, 0) is 14.3 Å². The van der Waals surface area contributed by atoms with Crippen LogP contribution in [0.5, 0.6) is 5.75 Å². The maximum atomic E-state index is 12.4. The first kappa shape index (κ1) is 30.8. The van der Waals surface area contributed by atoms with Crippen molar-refractivity contribution in [3.8, 4) is 17.6 Å². The Morgan fingerprint density at radius 3 is 2.67 bits per heavy atom. The predicted octanol–water partition coefficient (Wildman–Crippen LogP) is 4.07. The first-order valence-corrected chi connectivity index (χ1v) is 12.2. The van der Waals surface area contributed by atoms with Gasteiger partial charge in [0.2, 0.25) is 5.91 Å². The molecule has 198 valence electrons. The van der Waals surface area contributed by atoms with Crippen molar-refractivity contribution in [1.29, 1.82) is 0 Å². The third-order valence-electron chi connectivity index (χ3n) is 4.74. The Bertz CT molecular complexity index is 934. The Kier molecular flexibility index (Phi) is 14.7. The van der Waals surface area contributed by atoms with E-state index in [9.17, 15) is 9.59 Å². The molecule has 1 atom stereocenters. The van der Waals surface area contributed by atoms with Gasteiger partial charge >= 0.3 is 0 Å². The van der Waals surface area contributed by atoms with Gasteiger partial charge in [-0.25, -0.2) is 0 Å². The number of hydrogen-bond donors (Lipinski definition) is 2.